The molecule has 0 fully saturated rings. The van der Waals surface area contributed by atoms with Gasteiger partial charge in [-0.25, -0.2) is 4.79 Å². The fourth-order valence-electron chi connectivity index (χ4n) is 1.50. The van der Waals surface area contributed by atoms with Crippen molar-refractivity contribution in [3.8, 4) is 11.6 Å². The number of rotatable bonds is 7. The second kappa shape index (κ2) is 6.93. The standard InChI is InChI=1S/C12H13N3O5S/c1-7(16)13-8(12(17)18)5-21-6-10-14-11(15-20-10)9-3-2-4-19-9/h2-4,8H,5-6H2,1H3,(H,13,16)(H,17,18)/t8-/m0/s1. The number of nitrogens with one attached hydrogen (secondary N) is 1. The minimum Gasteiger partial charge on any atom is -0.480 e. The van der Waals surface area contributed by atoms with Gasteiger partial charge in [-0.2, -0.15) is 4.98 Å². The number of aliphatic carboxylic acids is 1. The summed E-state index contributed by atoms with van der Waals surface area (Å²) >= 11 is 1.27. The van der Waals surface area contributed by atoms with E-state index in [1.165, 1.54) is 24.9 Å². The van der Waals surface area contributed by atoms with Crippen molar-refractivity contribution in [3.63, 3.8) is 0 Å². The SMILES string of the molecule is CC(=O)N[C@@H](CSCc1nc(-c2ccco2)no1)C(=O)O. The third-order valence-electron chi connectivity index (χ3n) is 2.40. The van der Waals surface area contributed by atoms with E-state index in [1.807, 2.05) is 0 Å². The molecule has 0 bridgehead atoms. The van der Waals surface area contributed by atoms with Gasteiger partial charge in [0.15, 0.2) is 5.76 Å². The van der Waals surface area contributed by atoms with Crippen LogP contribution < -0.4 is 5.32 Å². The highest BCUT2D eigenvalue weighted by molar-refractivity contribution is 7.98. The van der Waals surface area contributed by atoms with E-state index in [0.717, 1.165) is 0 Å². The molecule has 0 aliphatic heterocycles. The van der Waals surface area contributed by atoms with Gasteiger partial charge in [-0.15, -0.1) is 11.8 Å². The third kappa shape index (κ3) is 4.35. The lowest BCUT2D eigenvalue weighted by Crippen LogP contribution is -2.41. The molecule has 2 rings (SSSR count). The lowest BCUT2D eigenvalue weighted by atomic mass is 10.3. The fourth-order valence-corrected chi connectivity index (χ4v) is 2.37. The number of amides is 1. The van der Waals surface area contributed by atoms with E-state index in [0.29, 0.717) is 23.2 Å². The molecule has 1 atom stereocenters. The quantitative estimate of drug-likeness (QED) is 0.781. The molecule has 9 heteroatoms. The number of carboxylic acids is 1. The molecule has 0 aromatic carbocycles. The molecule has 0 radical (unpaired) electrons. The first-order valence-electron chi connectivity index (χ1n) is 6.00. The van der Waals surface area contributed by atoms with Crippen LogP contribution in [0.1, 0.15) is 12.8 Å². The van der Waals surface area contributed by atoms with E-state index in [4.69, 9.17) is 14.0 Å². The molecule has 0 unspecified atom stereocenters. The molecule has 112 valence electrons. The van der Waals surface area contributed by atoms with Gasteiger partial charge < -0.3 is 19.4 Å². The number of thioether (sulfide) groups is 1. The van der Waals surface area contributed by atoms with E-state index < -0.39 is 12.0 Å². The molecule has 0 aliphatic carbocycles. The highest BCUT2D eigenvalue weighted by Gasteiger charge is 2.19. The van der Waals surface area contributed by atoms with Crippen LogP contribution in [0.4, 0.5) is 0 Å². The van der Waals surface area contributed by atoms with Gasteiger partial charge in [-0.3, -0.25) is 4.79 Å². The Labute approximate surface area is 123 Å². The Morgan fingerprint density at radius 3 is 2.95 bits per heavy atom. The monoisotopic (exact) mass is 311 g/mol. The summed E-state index contributed by atoms with van der Waals surface area (Å²) in [6.45, 7) is 1.27. The van der Waals surface area contributed by atoms with Crippen molar-refractivity contribution in [2.45, 2.75) is 18.7 Å². The third-order valence-corrected chi connectivity index (χ3v) is 3.42. The van der Waals surface area contributed by atoms with Crippen molar-refractivity contribution < 1.29 is 23.6 Å². The summed E-state index contributed by atoms with van der Waals surface area (Å²) in [6, 6.07) is 2.48. The second-order valence-electron chi connectivity index (χ2n) is 4.10. The second-order valence-corrected chi connectivity index (χ2v) is 5.13. The number of aromatic nitrogens is 2. The van der Waals surface area contributed by atoms with Crippen LogP contribution in [0.15, 0.2) is 27.3 Å². The van der Waals surface area contributed by atoms with Crippen LogP contribution in [-0.4, -0.2) is 38.9 Å². The summed E-state index contributed by atoms with van der Waals surface area (Å²) in [6.07, 6.45) is 1.50. The maximum absolute atomic E-state index is 10.9. The van der Waals surface area contributed by atoms with Gasteiger partial charge in [0.05, 0.1) is 12.0 Å². The van der Waals surface area contributed by atoms with Crippen molar-refractivity contribution in [2.75, 3.05) is 5.75 Å². The summed E-state index contributed by atoms with van der Waals surface area (Å²) in [5.74, 6) is 0.271. The van der Waals surface area contributed by atoms with Crippen LogP contribution in [-0.2, 0) is 15.3 Å². The van der Waals surface area contributed by atoms with E-state index in [9.17, 15) is 9.59 Å². The first-order valence-corrected chi connectivity index (χ1v) is 7.16. The summed E-state index contributed by atoms with van der Waals surface area (Å²) < 4.78 is 10.2. The highest BCUT2D eigenvalue weighted by atomic mass is 32.2. The van der Waals surface area contributed by atoms with Crippen LogP contribution in [0.5, 0.6) is 0 Å². The number of hydrogen-bond donors (Lipinski definition) is 2. The van der Waals surface area contributed by atoms with E-state index in [1.54, 1.807) is 12.1 Å². The highest BCUT2D eigenvalue weighted by Crippen LogP contribution is 2.18. The largest absolute Gasteiger partial charge is 0.480 e. The van der Waals surface area contributed by atoms with Crippen molar-refractivity contribution in [2.24, 2.45) is 0 Å². The Balaban J connectivity index is 1.85. The molecule has 1 amide bonds. The van der Waals surface area contributed by atoms with Crippen LogP contribution in [0.3, 0.4) is 0 Å². The van der Waals surface area contributed by atoms with Gasteiger partial charge in [0.2, 0.25) is 17.6 Å². The summed E-state index contributed by atoms with van der Waals surface area (Å²) in [4.78, 5) is 26.0. The van der Waals surface area contributed by atoms with Crippen molar-refractivity contribution in [3.05, 3.63) is 24.3 Å². The van der Waals surface area contributed by atoms with Crippen molar-refractivity contribution >= 4 is 23.6 Å². The van der Waals surface area contributed by atoms with E-state index >= 15 is 0 Å². The molecule has 0 saturated carbocycles. The summed E-state index contributed by atoms with van der Waals surface area (Å²) in [5, 5.41) is 15.1. The topological polar surface area (TPSA) is 118 Å². The molecule has 2 heterocycles. The zero-order chi connectivity index (χ0) is 15.2. The number of carboxylic acid groups (broad SMARTS) is 1. The van der Waals surface area contributed by atoms with Gasteiger partial charge in [0.1, 0.15) is 6.04 Å². The lowest BCUT2D eigenvalue weighted by molar-refractivity contribution is -0.140. The molecule has 8 nitrogen and oxygen atoms in total. The molecular formula is C12H13N3O5S. The fraction of sp³-hybridized carbons (Fsp3) is 0.333. The number of nitrogens with zero attached hydrogens (tertiary/aromatic N) is 2. The van der Waals surface area contributed by atoms with Gasteiger partial charge in [-0.1, -0.05) is 5.16 Å². The summed E-state index contributed by atoms with van der Waals surface area (Å²) in [5.41, 5.74) is 0. The molecular weight excluding hydrogens is 298 g/mol. The molecule has 0 spiro atoms. The Morgan fingerprint density at radius 1 is 1.52 bits per heavy atom. The molecule has 2 aromatic rings. The molecule has 2 aromatic heterocycles. The lowest BCUT2D eigenvalue weighted by Gasteiger charge is -2.11. The predicted molar refractivity (Wildman–Crippen MR) is 73.4 cm³/mol. The Bertz CT molecular complexity index is 610. The minimum atomic E-state index is -1.08. The molecule has 0 aliphatic rings. The zero-order valence-electron chi connectivity index (χ0n) is 11.1. The van der Waals surface area contributed by atoms with Gasteiger partial charge in [-0.05, 0) is 12.1 Å². The molecule has 21 heavy (non-hydrogen) atoms. The maximum Gasteiger partial charge on any atom is 0.327 e. The Kier molecular flexibility index (Phi) is 4.99. The van der Waals surface area contributed by atoms with Gasteiger partial charge in [0.25, 0.3) is 0 Å². The summed E-state index contributed by atoms with van der Waals surface area (Å²) in [7, 11) is 0. The predicted octanol–water partition coefficient (Wildman–Crippen LogP) is 1.15. The van der Waals surface area contributed by atoms with E-state index in [-0.39, 0.29) is 11.7 Å². The normalized spacial score (nSPS) is 12.0. The molecule has 0 saturated heterocycles. The van der Waals surface area contributed by atoms with Crippen molar-refractivity contribution in [1.82, 2.24) is 15.5 Å². The average molecular weight is 311 g/mol. The van der Waals surface area contributed by atoms with Crippen LogP contribution in [0, 0.1) is 0 Å². The first-order chi connectivity index (χ1) is 10.1. The van der Waals surface area contributed by atoms with Crippen molar-refractivity contribution in [1.29, 1.82) is 0 Å². The maximum atomic E-state index is 10.9. The Hall–Kier alpha value is -2.29. The zero-order valence-corrected chi connectivity index (χ0v) is 11.9. The number of carbonyl (C=O) groups is 2. The minimum absolute atomic E-state index is 0.202. The van der Waals surface area contributed by atoms with Crippen LogP contribution in [0.2, 0.25) is 0 Å². The number of furan rings is 1. The number of hydrogen-bond acceptors (Lipinski definition) is 7. The molecule has 2 N–H and O–H groups in total. The van der Waals surface area contributed by atoms with Gasteiger partial charge >= 0.3 is 5.97 Å². The van der Waals surface area contributed by atoms with Crippen LogP contribution >= 0.6 is 11.8 Å². The average Bonchev–Trinajstić information content (AvgIpc) is 3.07. The van der Waals surface area contributed by atoms with E-state index in [2.05, 4.69) is 15.5 Å². The number of carbonyl (C=O) groups excluding carboxylic acids is 1. The Morgan fingerprint density at radius 2 is 2.33 bits per heavy atom. The first kappa shape index (κ1) is 15.1. The van der Waals surface area contributed by atoms with Crippen LogP contribution in [0.25, 0.3) is 11.6 Å². The van der Waals surface area contributed by atoms with Gasteiger partial charge in [0, 0.05) is 12.7 Å². The smallest absolute Gasteiger partial charge is 0.327 e.